The standard InChI is InChI=1S/C8H9NO2S/c1-2-3-4-5-9-7(10)6-12-8(9)11/h4-6H2,1H3. The minimum absolute atomic E-state index is 0.0945. The Balaban J connectivity index is 2.43. The molecule has 0 aromatic carbocycles. The average Bonchev–Trinajstić information content (AvgIpc) is 2.35. The molecule has 0 spiro atoms. The van der Waals surface area contributed by atoms with E-state index in [9.17, 15) is 9.59 Å². The van der Waals surface area contributed by atoms with Gasteiger partial charge < -0.3 is 0 Å². The Labute approximate surface area is 75.5 Å². The van der Waals surface area contributed by atoms with E-state index in [-0.39, 0.29) is 11.1 Å². The van der Waals surface area contributed by atoms with Crippen LogP contribution in [0.3, 0.4) is 0 Å². The van der Waals surface area contributed by atoms with Crippen LogP contribution in [0.2, 0.25) is 0 Å². The van der Waals surface area contributed by atoms with Gasteiger partial charge in [0.25, 0.3) is 5.24 Å². The van der Waals surface area contributed by atoms with Gasteiger partial charge in [0.1, 0.15) is 0 Å². The average molecular weight is 183 g/mol. The zero-order valence-corrected chi connectivity index (χ0v) is 7.61. The normalized spacial score (nSPS) is 16.2. The van der Waals surface area contributed by atoms with E-state index < -0.39 is 0 Å². The molecule has 4 heteroatoms. The highest BCUT2D eigenvalue weighted by Gasteiger charge is 2.28. The van der Waals surface area contributed by atoms with Crippen LogP contribution in [0.5, 0.6) is 0 Å². The molecule has 1 saturated heterocycles. The Morgan fingerprint density at radius 3 is 2.83 bits per heavy atom. The fraction of sp³-hybridized carbons (Fsp3) is 0.500. The van der Waals surface area contributed by atoms with Gasteiger partial charge in [-0.3, -0.25) is 14.5 Å². The number of imide groups is 1. The largest absolute Gasteiger partial charge is 0.288 e. The van der Waals surface area contributed by atoms with Crippen molar-refractivity contribution in [1.29, 1.82) is 0 Å². The first-order valence-electron chi connectivity index (χ1n) is 3.62. The third-order valence-electron chi connectivity index (χ3n) is 1.48. The van der Waals surface area contributed by atoms with E-state index in [2.05, 4.69) is 11.8 Å². The molecule has 1 aliphatic rings. The summed E-state index contributed by atoms with van der Waals surface area (Å²) < 4.78 is 0. The minimum Gasteiger partial charge on any atom is -0.273 e. The summed E-state index contributed by atoms with van der Waals surface area (Å²) in [4.78, 5) is 23.3. The zero-order chi connectivity index (χ0) is 8.97. The lowest BCUT2D eigenvalue weighted by atomic mass is 10.4. The first kappa shape index (κ1) is 9.14. The van der Waals surface area contributed by atoms with Gasteiger partial charge in [-0.05, 0) is 6.92 Å². The van der Waals surface area contributed by atoms with Gasteiger partial charge in [-0.15, -0.1) is 11.8 Å². The highest BCUT2D eigenvalue weighted by Crippen LogP contribution is 2.18. The van der Waals surface area contributed by atoms with E-state index in [1.807, 2.05) is 0 Å². The number of amides is 2. The molecule has 1 fully saturated rings. The van der Waals surface area contributed by atoms with Crippen molar-refractivity contribution in [2.24, 2.45) is 0 Å². The highest BCUT2D eigenvalue weighted by molar-refractivity contribution is 8.14. The van der Waals surface area contributed by atoms with Crippen molar-refractivity contribution >= 4 is 22.9 Å². The Morgan fingerprint density at radius 2 is 2.33 bits per heavy atom. The van der Waals surface area contributed by atoms with Crippen LogP contribution >= 0.6 is 11.8 Å². The van der Waals surface area contributed by atoms with Crippen LogP contribution in [0, 0.1) is 11.8 Å². The molecule has 0 aromatic heterocycles. The summed E-state index contributed by atoms with van der Waals surface area (Å²) in [5.74, 6) is 5.72. The zero-order valence-electron chi connectivity index (χ0n) is 6.79. The van der Waals surface area contributed by atoms with Crippen LogP contribution in [-0.4, -0.2) is 28.3 Å². The lowest BCUT2D eigenvalue weighted by Crippen LogP contribution is -2.29. The van der Waals surface area contributed by atoms with E-state index in [0.29, 0.717) is 18.7 Å². The Morgan fingerprint density at radius 1 is 1.58 bits per heavy atom. The summed E-state index contributed by atoms with van der Waals surface area (Å²) in [6.45, 7) is 2.17. The Bertz CT molecular complexity index is 248. The van der Waals surface area contributed by atoms with Crippen LogP contribution in [0.25, 0.3) is 0 Å². The molecule has 64 valence electrons. The number of nitrogens with zero attached hydrogens (tertiary/aromatic N) is 1. The lowest BCUT2D eigenvalue weighted by Gasteiger charge is -2.09. The molecule has 0 bridgehead atoms. The molecule has 0 aliphatic carbocycles. The highest BCUT2D eigenvalue weighted by atomic mass is 32.2. The molecule has 1 heterocycles. The molecule has 1 aliphatic heterocycles. The van der Waals surface area contributed by atoms with Gasteiger partial charge in [0, 0.05) is 13.0 Å². The smallest absolute Gasteiger partial charge is 0.273 e. The van der Waals surface area contributed by atoms with E-state index >= 15 is 0 Å². The van der Waals surface area contributed by atoms with E-state index in [1.165, 1.54) is 4.90 Å². The van der Waals surface area contributed by atoms with Crippen molar-refractivity contribution in [1.82, 2.24) is 4.90 Å². The molecule has 0 unspecified atom stereocenters. The van der Waals surface area contributed by atoms with E-state index in [0.717, 1.165) is 11.8 Å². The second kappa shape index (κ2) is 4.17. The summed E-state index contributed by atoms with van der Waals surface area (Å²) in [7, 11) is 0. The van der Waals surface area contributed by atoms with Gasteiger partial charge in [0.2, 0.25) is 5.91 Å². The van der Waals surface area contributed by atoms with Gasteiger partial charge in [-0.2, -0.15) is 0 Å². The summed E-state index contributed by atoms with van der Waals surface area (Å²) in [5.41, 5.74) is 0. The maximum atomic E-state index is 11.0. The molecule has 0 radical (unpaired) electrons. The molecular formula is C8H9NO2S. The fourth-order valence-corrected chi connectivity index (χ4v) is 1.64. The van der Waals surface area contributed by atoms with Crippen LogP contribution in [0.1, 0.15) is 13.3 Å². The van der Waals surface area contributed by atoms with Crippen molar-refractivity contribution in [3.63, 3.8) is 0 Å². The first-order valence-corrected chi connectivity index (χ1v) is 4.61. The molecule has 0 saturated carbocycles. The van der Waals surface area contributed by atoms with Crippen molar-refractivity contribution in [3.8, 4) is 11.8 Å². The van der Waals surface area contributed by atoms with Crippen molar-refractivity contribution in [3.05, 3.63) is 0 Å². The van der Waals surface area contributed by atoms with Gasteiger partial charge >= 0.3 is 0 Å². The molecule has 12 heavy (non-hydrogen) atoms. The Kier molecular flexibility index (Phi) is 3.18. The van der Waals surface area contributed by atoms with E-state index in [1.54, 1.807) is 6.92 Å². The summed E-state index contributed by atoms with van der Waals surface area (Å²) in [5, 5.41) is -0.141. The van der Waals surface area contributed by atoms with Crippen molar-refractivity contribution in [2.75, 3.05) is 12.3 Å². The maximum absolute atomic E-state index is 11.0. The maximum Gasteiger partial charge on any atom is 0.288 e. The second-order valence-electron chi connectivity index (χ2n) is 2.28. The fourth-order valence-electron chi connectivity index (χ4n) is 0.890. The number of carbonyl (C=O) groups excluding carboxylic acids is 2. The van der Waals surface area contributed by atoms with Gasteiger partial charge in [-0.25, -0.2) is 0 Å². The van der Waals surface area contributed by atoms with Crippen molar-refractivity contribution < 1.29 is 9.59 Å². The Hall–Kier alpha value is -0.950. The molecule has 1 rings (SSSR count). The van der Waals surface area contributed by atoms with Crippen LogP contribution in [0.15, 0.2) is 0 Å². The number of hydrogen-bond donors (Lipinski definition) is 0. The molecular weight excluding hydrogens is 174 g/mol. The third-order valence-corrected chi connectivity index (χ3v) is 2.34. The summed E-state index contributed by atoms with van der Waals surface area (Å²) in [6, 6.07) is 0. The van der Waals surface area contributed by atoms with Gasteiger partial charge in [0.05, 0.1) is 5.75 Å². The number of carbonyl (C=O) groups is 2. The van der Waals surface area contributed by atoms with Crippen LogP contribution in [-0.2, 0) is 4.79 Å². The lowest BCUT2D eigenvalue weighted by molar-refractivity contribution is -0.124. The number of thioether (sulfide) groups is 1. The summed E-state index contributed by atoms with van der Waals surface area (Å²) >= 11 is 1.06. The summed E-state index contributed by atoms with van der Waals surface area (Å²) in [6.07, 6.45) is 0.578. The SMILES string of the molecule is CC#CCCN1C(=O)CSC1=O. The molecule has 3 nitrogen and oxygen atoms in total. The quantitative estimate of drug-likeness (QED) is 0.601. The van der Waals surface area contributed by atoms with Gasteiger partial charge in [0.15, 0.2) is 0 Å². The van der Waals surface area contributed by atoms with Crippen molar-refractivity contribution in [2.45, 2.75) is 13.3 Å². The van der Waals surface area contributed by atoms with E-state index in [4.69, 9.17) is 0 Å². The monoisotopic (exact) mass is 183 g/mol. The van der Waals surface area contributed by atoms with Crippen LogP contribution in [0.4, 0.5) is 4.79 Å². The van der Waals surface area contributed by atoms with Crippen LogP contribution < -0.4 is 0 Å². The second-order valence-corrected chi connectivity index (χ2v) is 3.20. The number of rotatable bonds is 2. The minimum atomic E-state index is -0.141. The first-order chi connectivity index (χ1) is 5.75. The number of hydrogen-bond acceptors (Lipinski definition) is 3. The molecule has 0 atom stereocenters. The predicted octanol–water partition coefficient (Wildman–Crippen LogP) is 1.10. The molecule has 2 amide bonds. The topological polar surface area (TPSA) is 37.4 Å². The predicted molar refractivity (Wildman–Crippen MR) is 47.6 cm³/mol. The van der Waals surface area contributed by atoms with Gasteiger partial charge in [-0.1, -0.05) is 11.8 Å². The third kappa shape index (κ3) is 2.02. The molecule has 0 N–H and O–H groups in total. The molecule has 0 aromatic rings.